The van der Waals surface area contributed by atoms with Crippen LogP contribution in [-0.4, -0.2) is 16.5 Å². The van der Waals surface area contributed by atoms with Gasteiger partial charge in [0, 0.05) is 24.2 Å². The van der Waals surface area contributed by atoms with Crippen molar-refractivity contribution in [3.05, 3.63) is 17.6 Å². The van der Waals surface area contributed by atoms with E-state index in [1.807, 2.05) is 0 Å². The molecule has 0 amide bonds. The lowest BCUT2D eigenvalue weighted by molar-refractivity contribution is 0.661. The fraction of sp³-hybridized carbons (Fsp3) is 0.714. The van der Waals surface area contributed by atoms with Crippen LogP contribution in [0.1, 0.15) is 63.4 Å². The Bertz CT molecular complexity index is 356. The summed E-state index contributed by atoms with van der Waals surface area (Å²) in [5.41, 5.74) is 1.17. The number of nitrogens with zero attached hydrogens (tertiary/aromatic N) is 2. The van der Waals surface area contributed by atoms with Gasteiger partial charge < -0.3 is 5.32 Å². The Morgan fingerprint density at radius 3 is 2.65 bits per heavy atom. The first-order valence-corrected chi connectivity index (χ1v) is 6.95. The third-order valence-electron chi connectivity index (χ3n) is 3.44. The van der Waals surface area contributed by atoms with Gasteiger partial charge in [0.25, 0.3) is 0 Å². The van der Waals surface area contributed by atoms with Crippen molar-refractivity contribution in [3.8, 4) is 0 Å². The second-order valence-corrected chi connectivity index (χ2v) is 4.86. The summed E-state index contributed by atoms with van der Waals surface area (Å²) >= 11 is 0. The summed E-state index contributed by atoms with van der Waals surface area (Å²) in [6.07, 6.45) is 7.32. The molecule has 0 aromatic carbocycles. The average Bonchev–Trinajstić information content (AvgIpc) is 2.89. The molecular weight excluding hydrogens is 210 g/mol. The first-order valence-electron chi connectivity index (χ1n) is 6.95. The predicted octanol–water partition coefficient (Wildman–Crippen LogP) is 3.52. The van der Waals surface area contributed by atoms with Crippen LogP contribution in [0.4, 0.5) is 5.82 Å². The third-order valence-corrected chi connectivity index (χ3v) is 3.44. The van der Waals surface area contributed by atoms with Gasteiger partial charge in [-0.3, -0.25) is 0 Å². The van der Waals surface area contributed by atoms with Crippen molar-refractivity contribution in [2.75, 3.05) is 11.9 Å². The van der Waals surface area contributed by atoms with Gasteiger partial charge in [0.15, 0.2) is 0 Å². The van der Waals surface area contributed by atoms with Gasteiger partial charge >= 0.3 is 0 Å². The molecule has 1 saturated carbocycles. The van der Waals surface area contributed by atoms with E-state index in [1.54, 1.807) is 0 Å². The Labute approximate surface area is 104 Å². The van der Waals surface area contributed by atoms with Crippen molar-refractivity contribution in [1.82, 2.24) is 9.97 Å². The standard InChI is InChI=1S/C14H23N3/c1-3-9-15-13-10-12(4-2)16-14(17-13)11-7-5-6-8-11/h10-11H,3-9H2,1-2H3,(H,15,16,17). The van der Waals surface area contributed by atoms with E-state index in [0.717, 1.165) is 31.0 Å². The van der Waals surface area contributed by atoms with E-state index >= 15 is 0 Å². The number of anilines is 1. The number of aryl methyl sites for hydroxylation is 1. The summed E-state index contributed by atoms with van der Waals surface area (Å²) in [6, 6.07) is 2.09. The average molecular weight is 233 g/mol. The normalized spacial score (nSPS) is 16.4. The lowest BCUT2D eigenvalue weighted by atomic mass is 10.1. The van der Waals surface area contributed by atoms with Crippen LogP contribution in [0.15, 0.2) is 6.07 Å². The molecule has 0 atom stereocenters. The topological polar surface area (TPSA) is 37.8 Å². The molecule has 17 heavy (non-hydrogen) atoms. The molecule has 0 aliphatic heterocycles. The highest BCUT2D eigenvalue weighted by molar-refractivity contribution is 5.36. The summed E-state index contributed by atoms with van der Waals surface area (Å²) in [5, 5.41) is 3.38. The van der Waals surface area contributed by atoms with Gasteiger partial charge in [-0.15, -0.1) is 0 Å². The van der Waals surface area contributed by atoms with Crippen LogP contribution in [0.5, 0.6) is 0 Å². The largest absolute Gasteiger partial charge is 0.370 e. The van der Waals surface area contributed by atoms with Gasteiger partial charge in [-0.2, -0.15) is 0 Å². The summed E-state index contributed by atoms with van der Waals surface area (Å²) in [7, 11) is 0. The van der Waals surface area contributed by atoms with Crippen LogP contribution in [-0.2, 0) is 6.42 Å². The molecule has 0 unspecified atom stereocenters. The van der Waals surface area contributed by atoms with E-state index in [-0.39, 0.29) is 0 Å². The Morgan fingerprint density at radius 2 is 2.00 bits per heavy atom. The zero-order valence-electron chi connectivity index (χ0n) is 11.0. The Hall–Kier alpha value is -1.12. The van der Waals surface area contributed by atoms with E-state index in [9.17, 15) is 0 Å². The maximum atomic E-state index is 4.69. The zero-order chi connectivity index (χ0) is 12.1. The van der Waals surface area contributed by atoms with Gasteiger partial charge in [0.1, 0.15) is 11.6 Å². The molecule has 94 valence electrons. The van der Waals surface area contributed by atoms with Crippen LogP contribution in [0, 0.1) is 0 Å². The van der Waals surface area contributed by atoms with Crippen LogP contribution in [0.2, 0.25) is 0 Å². The minimum Gasteiger partial charge on any atom is -0.370 e. The molecule has 1 heterocycles. The molecule has 0 spiro atoms. The summed E-state index contributed by atoms with van der Waals surface area (Å²) in [5.74, 6) is 2.68. The molecule has 1 aliphatic carbocycles. The maximum absolute atomic E-state index is 4.69. The minimum atomic E-state index is 0.601. The molecular formula is C14H23N3. The SMILES string of the molecule is CCCNc1cc(CC)nc(C2CCCC2)n1. The Morgan fingerprint density at radius 1 is 1.24 bits per heavy atom. The summed E-state index contributed by atoms with van der Waals surface area (Å²) in [6.45, 7) is 5.32. The number of hydrogen-bond acceptors (Lipinski definition) is 3. The number of rotatable bonds is 5. The van der Waals surface area contributed by atoms with Gasteiger partial charge in [0.05, 0.1) is 0 Å². The van der Waals surface area contributed by atoms with E-state index in [2.05, 4.69) is 30.2 Å². The molecule has 0 saturated heterocycles. The van der Waals surface area contributed by atoms with E-state index in [4.69, 9.17) is 4.98 Å². The van der Waals surface area contributed by atoms with Gasteiger partial charge in [0.2, 0.25) is 0 Å². The van der Waals surface area contributed by atoms with Crippen LogP contribution >= 0.6 is 0 Å². The van der Waals surface area contributed by atoms with Crippen molar-refractivity contribution >= 4 is 5.82 Å². The first kappa shape index (κ1) is 12.3. The first-order chi connectivity index (χ1) is 8.33. The smallest absolute Gasteiger partial charge is 0.134 e. The number of hydrogen-bond donors (Lipinski definition) is 1. The molecule has 1 fully saturated rings. The van der Waals surface area contributed by atoms with E-state index in [0.29, 0.717) is 5.92 Å². The number of nitrogens with one attached hydrogen (secondary N) is 1. The molecule has 0 bridgehead atoms. The van der Waals surface area contributed by atoms with Crippen molar-refractivity contribution in [3.63, 3.8) is 0 Å². The highest BCUT2D eigenvalue weighted by atomic mass is 15.0. The van der Waals surface area contributed by atoms with Crippen LogP contribution in [0.25, 0.3) is 0 Å². The third kappa shape index (κ3) is 3.18. The van der Waals surface area contributed by atoms with Gasteiger partial charge in [-0.25, -0.2) is 9.97 Å². The molecule has 1 N–H and O–H groups in total. The lowest BCUT2D eigenvalue weighted by Gasteiger charge is -2.12. The van der Waals surface area contributed by atoms with E-state index in [1.165, 1.54) is 31.4 Å². The van der Waals surface area contributed by atoms with Crippen molar-refractivity contribution < 1.29 is 0 Å². The molecule has 1 aromatic rings. The molecule has 3 nitrogen and oxygen atoms in total. The quantitative estimate of drug-likeness (QED) is 0.845. The second-order valence-electron chi connectivity index (χ2n) is 4.86. The van der Waals surface area contributed by atoms with Crippen LogP contribution in [0.3, 0.4) is 0 Å². The van der Waals surface area contributed by atoms with Crippen molar-refractivity contribution in [1.29, 1.82) is 0 Å². The van der Waals surface area contributed by atoms with Crippen molar-refractivity contribution in [2.24, 2.45) is 0 Å². The van der Waals surface area contributed by atoms with Crippen LogP contribution < -0.4 is 5.32 Å². The monoisotopic (exact) mass is 233 g/mol. The Balaban J connectivity index is 2.18. The fourth-order valence-corrected chi connectivity index (χ4v) is 2.41. The van der Waals surface area contributed by atoms with Crippen molar-refractivity contribution in [2.45, 2.75) is 58.3 Å². The molecule has 3 heteroatoms. The number of aromatic nitrogens is 2. The highest BCUT2D eigenvalue weighted by Crippen LogP contribution is 2.32. The van der Waals surface area contributed by atoms with Gasteiger partial charge in [-0.05, 0) is 25.7 Å². The Kier molecular flexibility index (Phi) is 4.35. The molecule has 0 radical (unpaired) electrons. The minimum absolute atomic E-state index is 0.601. The molecule has 1 aliphatic rings. The summed E-state index contributed by atoms with van der Waals surface area (Å²) in [4.78, 5) is 9.37. The molecule has 2 rings (SSSR count). The van der Waals surface area contributed by atoms with E-state index < -0.39 is 0 Å². The fourth-order valence-electron chi connectivity index (χ4n) is 2.41. The second kappa shape index (κ2) is 5.99. The molecule has 1 aromatic heterocycles. The highest BCUT2D eigenvalue weighted by Gasteiger charge is 2.20. The summed E-state index contributed by atoms with van der Waals surface area (Å²) < 4.78 is 0. The maximum Gasteiger partial charge on any atom is 0.134 e. The lowest BCUT2D eigenvalue weighted by Crippen LogP contribution is -2.09. The predicted molar refractivity (Wildman–Crippen MR) is 71.4 cm³/mol. The zero-order valence-corrected chi connectivity index (χ0v) is 11.0. The van der Waals surface area contributed by atoms with Gasteiger partial charge in [-0.1, -0.05) is 26.7 Å².